The van der Waals surface area contributed by atoms with Crippen molar-refractivity contribution in [2.45, 2.75) is 6.92 Å². The van der Waals surface area contributed by atoms with Crippen LogP contribution in [0, 0.1) is 6.92 Å². The van der Waals surface area contributed by atoms with Crippen LogP contribution in [0.1, 0.15) is 16.1 Å². The van der Waals surface area contributed by atoms with Gasteiger partial charge in [0, 0.05) is 45.5 Å². The van der Waals surface area contributed by atoms with Gasteiger partial charge in [-0.2, -0.15) is 0 Å². The molecule has 3 heterocycles. The molecule has 8 nitrogen and oxygen atoms in total. The van der Waals surface area contributed by atoms with Gasteiger partial charge in [-0.05, 0) is 6.92 Å². The van der Waals surface area contributed by atoms with Gasteiger partial charge in [-0.3, -0.25) is 9.69 Å². The molecule has 2 aliphatic rings. The monoisotopic (exact) mass is 335 g/mol. The molecule has 0 saturated carbocycles. The average Bonchev–Trinajstić information content (AvgIpc) is 2.63. The van der Waals surface area contributed by atoms with Gasteiger partial charge in [0.1, 0.15) is 0 Å². The number of nitrogens with one attached hydrogen (secondary N) is 1. The Balaban J connectivity index is 1.52. The van der Waals surface area contributed by atoms with Crippen LogP contribution in [0.15, 0.2) is 6.20 Å². The standard InChI is InChI=1S/C16H25N5O3/c1-13-14(12-18-16(19-13)21-6-10-24-11-7-21)15(22)17-2-3-20-4-8-23-9-5-20/h12H,2-11H2,1H3,(H,17,22). The maximum atomic E-state index is 12.3. The Kier molecular flexibility index (Phi) is 5.95. The Bertz CT molecular complexity index is 557. The quantitative estimate of drug-likeness (QED) is 0.790. The van der Waals surface area contributed by atoms with Crippen molar-refractivity contribution in [1.29, 1.82) is 0 Å². The zero-order valence-corrected chi connectivity index (χ0v) is 14.2. The van der Waals surface area contributed by atoms with E-state index in [1.54, 1.807) is 6.20 Å². The third-order valence-electron chi connectivity index (χ3n) is 4.32. The second kappa shape index (κ2) is 8.36. The summed E-state index contributed by atoms with van der Waals surface area (Å²) in [6.45, 7) is 9.62. The highest BCUT2D eigenvalue weighted by Crippen LogP contribution is 2.12. The topological polar surface area (TPSA) is 79.8 Å². The Labute approximate surface area is 142 Å². The number of anilines is 1. The number of ether oxygens (including phenoxy) is 2. The van der Waals surface area contributed by atoms with Crippen LogP contribution >= 0.6 is 0 Å². The molecule has 8 heteroatoms. The minimum atomic E-state index is -0.116. The largest absolute Gasteiger partial charge is 0.379 e. The van der Waals surface area contributed by atoms with E-state index in [2.05, 4.69) is 25.1 Å². The van der Waals surface area contributed by atoms with E-state index in [1.165, 1.54) is 0 Å². The number of hydrogen-bond acceptors (Lipinski definition) is 7. The summed E-state index contributed by atoms with van der Waals surface area (Å²) in [4.78, 5) is 25.5. The molecule has 2 aliphatic heterocycles. The van der Waals surface area contributed by atoms with Crippen LogP contribution in [0.3, 0.4) is 0 Å². The maximum absolute atomic E-state index is 12.3. The van der Waals surface area contributed by atoms with E-state index in [0.29, 0.717) is 37.0 Å². The zero-order valence-electron chi connectivity index (χ0n) is 14.2. The fourth-order valence-corrected chi connectivity index (χ4v) is 2.84. The summed E-state index contributed by atoms with van der Waals surface area (Å²) in [6.07, 6.45) is 1.62. The molecule has 0 aliphatic carbocycles. The average molecular weight is 335 g/mol. The number of aryl methyl sites for hydroxylation is 1. The molecule has 1 amide bonds. The fraction of sp³-hybridized carbons (Fsp3) is 0.688. The van der Waals surface area contributed by atoms with Gasteiger partial charge in [0.15, 0.2) is 0 Å². The summed E-state index contributed by atoms with van der Waals surface area (Å²) in [6, 6.07) is 0. The Hall–Kier alpha value is -1.77. The lowest BCUT2D eigenvalue weighted by Crippen LogP contribution is -2.41. The van der Waals surface area contributed by atoms with Gasteiger partial charge in [0.05, 0.1) is 37.7 Å². The number of aromatic nitrogens is 2. The van der Waals surface area contributed by atoms with Crippen LogP contribution < -0.4 is 10.2 Å². The summed E-state index contributed by atoms with van der Waals surface area (Å²) < 4.78 is 10.7. The third-order valence-corrected chi connectivity index (χ3v) is 4.32. The number of hydrogen-bond donors (Lipinski definition) is 1. The van der Waals surface area contributed by atoms with Gasteiger partial charge in [-0.15, -0.1) is 0 Å². The van der Waals surface area contributed by atoms with Crippen molar-refractivity contribution in [3.63, 3.8) is 0 Å². The van der Waals surface area contributed by atoms with Gasteiger partial charge < -0.3 is 19.7 Å². The molecule has 0 radical (unpaired) electrons. The summed E-state index contributed by atoms with van der Waals surface area (Å²) >= 11 is 0. The van der Waals surface area contributed by atoms with Crippen LogP contribution in [0.5, 0.6) is 0 Å². The summed E-state index contributed by atoms with van der Waals surface area (Å²) in [5.41, 5.74) is 1.24. The normalized spacial score (nSPS) is 19.3. The van der Waals surface area contributed by atoms with Crippen molar-refractivity contribution in [3.8, 4) is 0 Å². The molecule has 24 heavy (non-hydrogen) atoms. The number of carbonyl (C=O) groups excluding carboxylic acids is 1. The molecule has 0 spiro atoms. The molecule has 2 saturated heterocycles. The van der Waals surface area contributed by atoms with Gasteiger partial charge in [0.2, 0.25) is 5.95 Å². The van der Waals surface area contributed by atoms with E-state index < -0.39 is 0 Å². The van der Waals surface area contributed by atoms with E-state index in [4.69, 9.17) is 9.47 Å². The minimum absolute atomic E-state index is 0.116. The first kappa shape index (κ1) is 17.1. The highest BCUT2D eigenvalue weighted by molar-refractivity contribution is 5.94. The molecule has 132 valence electrons. The second-order valence-electron chi connectivity index (χ2n) is 5.98. The lowest BCUT2D eigenvalue weighted by Gasteiger charge is -2.27. The molecule has 1 aromatic rings. The Morgan fingerprint density at radius 1 is 1.17 bits per heavy atom. The maximum Gasteiger partial charge on any atom is 0.254 e. The smallest absolute Gasteiger partial charge is 0.254 e. The number of amides is 1. The van der Waals surface area contributed by atoms with Crippen molar-refractivity contribution >= 4 is 11.9 Å². The number of nitrogens with zero attached hydrogens (tertiary/aromatic N) is 4. The van der Waals surface area contributed by atoms with Crippen LogP contribution in [-0.2, 0) is 9.47 Å². The van der Waals surface area contributed by atoms with Crippen LogP contribution in [0.4, 0.5) is 5.95 Å². The fourth-order valence-electron chi connectivity index (χ4n) is 2.84. The van der Waals surface area contributed by atoms with E-state index in [1.807, 2.05) is 6.92 Å². The first-order valence-electron chi connectivity index (χ1n) is 8.48. The first-order chi connectivity index (χ1) is 11.7. The number of carbonyl (C=O) groups is 1. The van der Waals surface area contributed by atoms with Crippen molar-refractivity contribution < 1.29 is 14.3 Å². The molecule has 0 atom stereocenters. The lowest BCUT2D eigenvalue weighted by atomic mass is 10.2. The predicted octanol–water partition coefficient (Wildman–Crippen LogP) is -0.316. The molecule has 3 rings (SSSR count). The SMILES string of the molecule is Cc1nc(N2CCOCC2)ncc1C(=O)NCCN1CCOCC1. The first-order valence-corrected chi connectivity index (χ1v) is 8.48. The molecule has 1 N–H and O–H groups in total. The lowest BCUT2D eigenvalue weighted by molar-refractivity contribution is 0.0383. The molecular formula is C16H25N5O3. The van der Waals surface area contributed by atoms with E-state index in [9.17, 15) is 4.79 Å². The van der Waals surface area contributed by atoms with Gasteiger partial charge in [-0.1, -0.05) is 0 Å². The second-order valence-corrected chi connectivity index (χ2v) is 5.98. The predicted molar refractivity (Wildman–Crippen MR) is 89.4 cm³/mol. The molecule has 0 aromatic carbocycles. The van der Waals surface area contributed by atoms with E-state index >= 15 is 0 Å². The van der Waals surface area contributed by atoms with Crippen LogP contribution in [0.25, 0.3) is 0 Å². The van der Waals surface area contributed by atoms with Gasteiger partial charge in [-0.25, -0.2) is 9.97 Å². The van der Waals surface area contributed by atoms with Crippen LogP contribution in [-0.4, -0.2) is 86.5 Å². The molecule has 1 aromatic heterocycles. The van der Waals surface area contributed by atoms with Crippen molar-refractivity contribution in [2.24, 2.45) is 0 Å². The van der Waals surface area contributed by atoms with Crippen molar-refractivity contribution in [2.75, 3.05) is 70.6 Å². The van der Waals surface area contributed by atoms with E-state index in [-0.39, 0.29) is 5.91 Å². The van der Waals surface area contributed by atoms with Crippen LogP contribution in [0.2, 0.25) is 0 Å². The van der Waals surface area contributed by atoms with Crippen molar-refractivity contribution in [3.05, 3.63) is 17.5 Å². The van der Waals surface area contributed by atoms with Gasteiger partial charge >= 0.3 is 0 Å². The Morgan fingerprint density at radius 2 is 1.83 bits per heavy atom. The summed E-state index contributed by atoms with van der Waals surface area (Å²) in [5.74, 6) is 0.551. The van der Waals surface area contributed by atoms with E-state index in [0.717, 1.165) is 45.9 Å². The summed E-state index contributed by atoms with van der Waals surface area (Å²) in [5, 5.41) is 2.95. The molecule has 0 unspecified atom stereocenters. The molecule has 0 bridgehead atoms. The molecular weight excluding hydrogens is 310 g/mol. The highest BCUT2D eigenvalue weighted by Gasteiger charge is 2.17. The Morgan fingerprint density at radius 3 is 2.50 bits per heavy atom. The molecule has 2 fully saturated rings. The number of rotatable bonds is 5. The number of morpholine rings is 2. The highest BCUT2D eigenvalue weighted by atomic mass is 16.5. The van der Waals surface area contributed by atoms with Gasteiger partial charge in [0.25, 0.3) is 5.91 Å². The minimum Gasteiger partial charge on any atom is -0.379 e. The third kappa shape index (κ3) is 4.40. The summed E-state index contributed by atoms with van der Waals surface area (Å²) in [7, 11) is 0. The van der Waals surface area contributed by atoms with Crippen molar-refractivity contribution in [1.82, 2.24) is 20.2 Å². The zero-order chi connectivity index (χ0) is 16.8.